The van der Waals surface area contributed by atoms with Gasteiger partial charge in [0, 0.05) is 9.35 Å². The molecule has 0 aromatic carbocycles. The minimum absolute atomic E-state index is 0.327. The maximum Gasteiger partial charge on any atom is 0.0314 e. The van der Waals surface area contributed by atoms with Gasteiger partial charge in [-0.05, 0) is 64.5 Å². The molecule has 1 unspecified atom stereocenters. The fraction of sp³-hybridized carbons (Fsp3) is 0.636. The lowest BCUT2D eigenvalue weighted by atomic mass is 9.81. The van der Waals surface area contributed by atoms with Crippen molar-refractivity contribution >= 4 is 27.3 Å². The second kappa shape index (κ2) is 3.95. The molecule has 0 aliphatic heterocycles. The summed E-state index contributed by atoms with van der Waals surface area (Å²) in [5.41, 5.74) is 6.23. The van der Waals surface area contributed by atoms with Crippen LogP contribution in [0.2, 0.25) is 0 Å². The summed E-state index contributed by atoms with van der Waals surface area (Å²) < 4.78 is 1.25. The van der Waals surface area contributed by atoms with Gasteiger partial charge >= 0.3 is 0 Å². The zero-order valence-corrected chi connectivity index (χ0v) is 10.8. The van der Waals surface area contributed by atoms with Crippen molar-refractivity contribution in [1.82, 2.24) is 0 Å². The van der Waals surface area contributed by atoms with E-state index in [2.05, 4.69) is 34.3 Å². The normalized spacial score (nSPS) is 20.8. The van der Waals surface area contributed by atoms with Crippen LogP contribution in [-0.4, -0.2) is 6.54 Å². The van der Waals surface area contributed by atoms with Crippen molar-refractivity contribution in [3.63, 3.8) is 0 Å². The topological polar surface area (TPSA) is 26.0 Å². The van der Waals surface area contributed by atoms with Gasteiger partial charge in [0.1, 0.15) is 0 Å². The van der Waals surface area contributed by atoms with Crippen LogP contribution in [0.15, 0.2) is 15.9 Å². The lowest BCUT2D eigenvalue weighted by molar-refractivity contribution is 0.283. The van der Waals surface area contributed by atoms with Crippen LogP contribution in [0, 0.1) is 11.3 Å². The quantitative estimate of drug-likeness (QED) is 0.894. The zero-order chi connectivity index (χ0) is 10.2. The molecule has 0 bridgehead atoms. The van der Waals surface area contributed by atoms with E-state index in [1.54, 1.807) is 0 Å². The molecule has 1 nitrogen and oxygen atoms in total. The lowest BCUT2D eigenvalue weighted by Crippen LogP contribution is -2.31. The molecule has 1 aromatic heterocycles. The van der Waals surface area contributed by atoms with E-state index in [-0.39, 0.29) is 0 Å². The summed E-state index contributed by atoms with van der Waals surface area (Å²) in [6.07, 6.45) is 3.87. The highest BCUT2D eigenvalue weighted by Gasteiger charge is 2.40. The third-order valence-electron chi connectivity index (χ3n) is 3.28. The minimum Gasteiger partial charge on any atom is -0.330 e. The van der Waals surface area contributed by atoms with Crippen LogP contribution in [-0.2, 0) is 6.42 Å². The van der Waals surface area contributed by atoms with Crippen LogP contribution in [0.4, 0.5) is 0 Å². The van der Waals surface area contributed by atoms with Gasteiger partial charge in [-0.2, -0.15) is 0 Å². The van der Waals surface area contributed by atoms with E-state index in [0.717, 1.165) is 18.9 Å². The van der Waals surface area contributed by atoms with E-state index in [1.807, 2.05) is 11.3 Å². The van der Waals surface area contributed by atoms with Crippen LogP contribution in [0.25, 0.3) is 0 Å². The number of hydrogen-bond acceptors (Lipinski definition) is 2. The van der Waals surface area contributed by atoms with Gasteiger partial charge < -0.3 is 5.73 Å². The fourth-order valence-electron chi connectivity index (χ4n) is 1.98. The van der Waals surface area contributed by atoms with Crippen molar-refractivity contribution in [3.8, 4) is 0 Å². The summed E-state index contributed by atoms with van der Waals surface area (Å²) in [4.78, 5) is 1.45. The molecule has 0 saturated heterocycles. The van der Waals surface area contributed by atoms with Crippen molar-refractivity contribution in [2.75, 3.05) is 6.54 Å². The third kappa shape index (κ3) is 2.05. The number of thiophene rings is 1. The molecule has 0 spiro atoms. The Bertz CT molecular complexity index is 319. The fourth-order valence-corrected chi connectivity index (χ4v) is 3.67. The highest BCUT2D eigenvalue weighted by atomic mass is 79.9. The standard InChI is InChI=1S/C11H16BrNS/c1-11(7-13,8-2-3-8)6-10-9(12)4-5-14-10/h4-5,8H,2-3,6-7,13H2,1H3. The van der Waals surface area contributed by atoms with E-state index in [1.165, 1.54) is 22.2 Å². The number of nitrogens with two attached hydrogens (primary N) is 1. The van der Waals surface area contributed by atoms with Crippen molar-refractivity contribution in [1.29, 1.82) is 0 Å². The average molecular weight is 274 g/mol. The zero-order valence-electron chi connectivity index (χ0n) is 8.42. The molecule has 1 aromatic rings. The summed E-state index contributed by atoms with van der Waals surface area (Å²) >= 11 is 5.42. The van der Waals surface area contributed by atoms with Gasteiger partial charge in [0.25, 0.3) is 0 Å². The molecule has 1 saturated carbocycles. The van der Waals surface area contributed by atoms with Crippen LogP contribution < -0.4 is 5.73 Å². The van der Waals surface area contributed by atoms with Crippen LogP contribution in [0.3, 0.4) is 0 Å². The summed E-state index contributed by atoms with van der Waals surface area (Å²) in [7, 11) is 0. The van der Waals surface area contributed by atoms with Crippen LogP contribution in [0.1, 0.15) is 24.6 Å². The van der Waals surface area contributed by atoms with Crippen molar-refractivity contribution in [3.05, 3.63) is 20.8 Å². The predicted octanol–water partition coefficient (Wildman–Crippen LogP) is 3.43. The van der Waals surface area contributed by atoms with Gasteiger partial charge in [-0.25, -0.2) is 0 Å². The van der Waals surface area contributed by atoms with Gasteiger partial charge in [-0.15, -0.1) is 11.3 Å². The first-order valence-corrected chi connectivity index (χ1v) is 6.75. The average Bonchev–Trinajstić information content (AvgIpc) is 2.95. The molecule has 1 atom stereocenters. The Morgan fingerprint density at radius 3 is 2.79 bits per heavy atom. The predicted molar refractivity (Wildman–Crippen MR) is 65.6 cm³/mol. The molecular formula is C11H16BrNS. The summed E-state index contributed by atoms with van der Waals surface area (Å²) in [6, 6.07) is 2.13. The van der Waals surface area contributed by atoms with Crippen LogP contribution in [0.5, 0.6) is 0 Å². The first kappa shape index (κ1) is 10.7. The Morgan fingerprint density at radius 1 is 1.64 bits per heavy atom. The summed E-state index contributed by atoms with van der Waals surface area (Å²) in [5, 5.41) is 2.14. The van der Waals surface area contributed by atoms with Gasteiger partial charge in [0.05, 0.1) is 0 Å². The molecular weight excluding hydrogens is 258 g/mol. The monoisotopic (exact) mass is 273 g/mol. The first-order chi connectivity index (χ1) is 6.65. The van der Waals surface area contributed by atoms with E-state index in [0.29, 0.717) is 5.41 Å². The lowest BCUT2D eigenvalue weighted by Gasteiger charge is -2.27. The van der Waals surface area contributed by atoms with Crippen molar-refractivity contribution in [2.45, 2.75) is 26.2 Å². The Balaban J connectivity index is 2.11. The summed E-state index contributed by atoms with van der Waals surface area (Å²) in [6.45, 7) is 3.14. The molecule has 0 radical (unpaired) electrons. The van der Waals surface area contributed by atoms with Gasteiger partial charge in [0.2, 0.25) is 0 Å². The molecule has 2 rings (SSSR count). The highest BCUT2D eigenvalue weighted by molar-refractivity contribution is 9.10. The van der Waals surface area contributed by atoms with Gasteiger partial charge in [0.15, 0.2) is 0 Å². The van der Waals surface area contributed by atoms with Crippen molar-refractivity contribution in [2.24, 2.45) is 17.1 Å². The first-order valence-electron chi connectivity index (χ1n) is 5.07. The Hall–Kier alpha value is 0.140. The van der Waals surface area contributed by atoms with E-state index < -0.39 is 0 Å². The molecule has 2 N–H and O–H groups in total. The molecule has 1 aliphatic carbocycles. The van der Waals surface area contributed by atoms with E-state index in [4.69, 9.17) is 5.73 Å². The second-order valence-corrected chi connectivity index (χ2v) is 6.36. The maximum atomic E-state index is 5.90. The Kier molecular flexibility index (Phi) is 3.01. The number of hydrogen-bond donors (Lipinski definition) is 1. The molecule has 14 heavy (non-hydrogen) atoms. The van der Waals surface area contributed by atoms with Crippen LogP contribution >= 0.6 is 27.3 Å². The molecule has 78 valence electrons. The van der Waals surface area contributed by atoms with Gasteiger partial charge in [-0.3, -0.25) is 0 Å². The summed E-state index contributed by atoms with van der Waals surface area (Å²) in [5.74, 6) is 0.862. The largest absolute Gasteiger partial charge is 0.330 e. The molecule has 1 fully saturated rings. The van der Waals surface area contributed by atoms with E-state index >= 15 is 0 Å². The third-order valence-corrected chi connectivity index (χ3v) is 5.21. The molecule has 0 amide bonds. The highest BCUT2D eigenvalue weighted by Crippen LogP contribution is 2.47. The number of rotatable bonds is 4. The van der Waals surface area contributed by atoms with Crippen molar-refractivity contribution < 1.29 is 0 Å². The smallest absolute Gasteiger partial charge is 0.0314 e. The maximum absolute atomic E-state index is 5.90. The van der Waals surface area contributed by atoms with Gasteiger partial charge in [-0.1, -0.05) is 6.92 Å². The van der Waals surface area contributed by atoms with E-state index in [9.17, 15) is 0 Å². The molecule has 3 heteroatoms. The molecule has 1 heterocycles. The molecule has 1 aliphatic rings. The Labute approximate surface area is 97.8 Å². The Morgan fingerprint density at radius 2 is 2.36 bits per heavy atom. The SMILES string of the molecule is CC(CN)(Cc1sccc1Br)C1CC1. The minimum atomic E-state index is 0.327. The number of halogens is 1. The second-order valence-electron chi connectivity index (χ2n) is 4.50.